The fraction of sp³-hybridized carbons (Fsp3) is 0.360. The molecule has 9 nitrogen and oxygen atoms in total. The number of hydrogen-bond acceptors (Lipinski definition) is 9. The second-order valence-electron chi connectivity index (χ2n) is 7.06. The van der Waals surface area contributed by atoms with Crippen molar-refractivity contribution >= 4 is 18.4 Å². The minimum absolute atomic E-state index is 0.0255. The van der Waals surface area contributed by atoms with Crippen LogP contribution in [0, 0.1) is 22.1 Å². The van der Waals surface area contributed by atoms with E-state index < -0.39 is 5.97 Å². The third-order valence-corrected chi connectivity index (χ3v) is 4.64. The lowest BCUT2D eigenvalue weighted by atomic mass is 10.1. The zero-order valence-electron chi connectivity index (χ0n) is 19.8. The van der Waals surface area contributed by atoms with Crippen LogP contribution in [0.4, 0.5) is 0 Å². The van der Waals surface area contributed by atoms with Gasteiger partial charge in [-0.05, 0) is 81.5 Å². The van der Waals surface area contributed by atoms with Crippen molar-refractivity contribution in [3.05, 3.63) is 59.2 Å². The fourth-order valence-electron chi connectivity index (χ4n) is 2.92. The third kappa shape index (κ3) is 10.3. The van der Waals surface area contributed by atoms with E-state index in [9.17, 15) is 4.79 Å². The molecule has 2 aromatic rings. The first-order chi connectivity index (χ1) is 16.6. The number of hydrogen-bond donors (Lipinski definition) is 3. The molecule has 0 amide bonds. The van der Waals surface area contributed by atoms with Gasteiger partial charge in [-0.25, -0.2) is 4.79 Å². The third-order valence-electron chi connectivity index (χ3n) is 4.64. The van der Waals surface area contributed by atoms with E-state index in [0.717, 1.165) is 0 Å². The number of nitriles is 1. The van der Waals surface area contributed by atoms with Gasteiger partial charge in [-0.2, -0.15) is 5.26 Å². The molecule has 0 atom stereocenters. The van der Waals surface area contributed by atoms with Gasteiger partial charge in [-0.15, -0.1) is 0 Å². The minimum Gasteiger partial charge on any atom is -0.486 e. The van der Waals surface area contributed by atoms with Crippen molar-refractivity contribution in [1.82, 2.24) is 4.90 Å². The van der Waals surface area contributed by atoms with Gasteiger partial charge < -0.3 is 35.7 Å². The molecule has 1 aliphatic rings. The van der Waals surface area contributed by atoms with E-state index in [4.69, 9.17) is 30.3 Å². The molecule has 4 N–H and O–H groups in total. The Morgan fingerprint density at radius 1 is 1.00 bits per heavy atom. The number of ether oxygens (including phenoxy) is 3. The minimum atomic E-state index is -0.487. The smallest absolute Gasteiger partial charge is 0.338 e. The number of benzene rings is 2. The molecule has 1 heterocycles. The van der Waals surface area contributed by atoms with Gasteiger partial charge in [0.15, 0.2) is 18.1 Å². The summed E-state index contributed by atoms with van der Waals surface area (Å²) in [5, 5.41) is 23.0. The predicted molar refractivity (Wildman–Crippen MR) is 132 cm³/mol. The second-order valence-corrected chi connectivity index (χ2v) is 7.06. The number of nitrogens with one attached hydrogen (secondary N) is 2. The maximum atomic E-state index is 11.9. The van der Waals surface area contributed by atoms with Gasteiger partial charge in [0.1, 0.15) is 19.3 Å². The molecule has 0 saturated carbocycles. The van der Waals surface area contributed by atoms with Crippen molar-refractivity contribution in [2.75, 3.05) is 47.0 Å². The van der Waals surface area contributed by atoms with Crippen LogP contribution in [0.1, 0.15) is 34.3 Å². The molecule has 0 aliphatic carbocycles. The molecule has 2 aromatic carbocycles. The highest BCUT2D eigenvalue weighted by atomic mass is 16.6. The van der Waals surface area contributed by atoms with E-state index >= 15 is 0 Å². The molecule has 0 aromatic heterocycles. The Morgan fingerprint density at radius 2 is 1.62 bits per heavy atom. The predicted octanol–water partition coefficient (Wildman–Crippen LogP) is 3.11. The second kappa shape index (κ2) is 16.8. The molecule has 182 valence electrons. The number of nitrogens with zero attached hydrogens (tertiary/aromatic N) is 2. The van der Waals surface area contributed by atoms with Crippen LogP contribution in [0.2, 0.25) is 0 Å². The van der Waals surface area contributed by atoms with E-state index in [1.807, 2.05) is 6.07 Å². The van der Waals surface area contributed by atoms with Gasteiger partial charge in [0.25, 0.3) is 0 Å². The molecule has 34 heavy (non-hydrogen) atoms. The van der Waals surface area contributed by atoms with E-state index in [-0.39, 0.29) is 19.8 Å². The summed E-state index contributed by atoms with van der Waals surface area (Å²) in [7, 11) is 3.67. The van der Waals surface area contributed by atoms with E-state index in [2.05, 4.69) is 17.7 Å². The van der Waals surface area contributed by atoms with Crippen LogP contribution in [0.25, 0.3) is 0 Å². The van der Waals surface area contributed by atoms with Crippen molar-refractivity contribution in [3.63, 3.8) is 0 Å². The van der Waals surface area contributed by atoms with Crippen LogP contribution in [0.15, 0.2) is 42.5 Å². The largest absolute Gasteiger partial charge is 0.486 e. The molecule has 9 heteroatoms. The molecule has 0 unspecified atom stereocenters. The van der Waals surface area contributed by atoms with Crippen LogP contribution in [0.3, 0.4) is 0 Å². The van der Waals surface area contributed by atoms with Gasteiger partial charge in [-0.3, -0.25) is 0 Å². The highest BCUT2D eigenvalue weighted by molar-refractivity contribution is 5.90. The molecule has 0 radical (unpaired) electrons. The first-order valence-corrected chi connectivity index (χ1v) is 10.9. The Bertz CT molecular complexity index is 935. The lowest BCUT2D eigenvalue weighted by molar-refractivity contribution is 0.0449. The van der Waals surface area contributed by atoms with E-state index in [1.165, 1.54) is 45.4 Å². The monoisotopic (exact) mass is 467 g/mol. The fourth-order valence-corrected chi connectivity index (χ4v) is 2.92. The summed E-state index contributed by atoms with van der Waals surface area (Å²) in [6.07, 6.45) is 5.18. The van der Waals surface area contributed by atoms with Crippen molar-refractivity contribution in [2.24, 2.45) is 5.73 Å². The molecule has 1 saturated heterocycles. The normalized spacial score (nSPS) is 12.1. The summed E-state index contributed by atoms with van der Waals surface area (Å²) < 4.78 is 16.0. The average molecular weight is 468 g/mol. The number of carbonyl (C=O) groups is 1. The molecular formula is C25H33N5O4. The Hall–Kier alpha value is -3.74. The zero-order chi connectivity index (χ0) is 25.2. The van der Waals surface area contributed by atoms with Crippen molar-refractivity contribution in [3.8, 4) is 17.6 Å². The van der Waals surface area contributed by atoms with Crippen LogP contribution < -0.4 is 15.2 Å². The van der Waals surface area contributed by atoms with Gasteiger partial charge in [-0.1, -0.05) is 12.1 Å². The molecule has 3 rings (SSSR count). The average Bonchev–Trinajstić information content (AvgIpc) is 3.38. The van der Waals surface area contributed by atoms with Gasteiger partial charge in [0, 0.05) is 12.4 Å². The number of nitrogens with two attached hydrogens (primary N) is 1. The first-order valence-electron chi connectivity index (χ1n) is 10.9. The zero-order valence-corrected chi connectivity index (χ0v) is 19.8. The number of esters is 1. The summed E-state index contributed by atoms with van der Waals surface area (Å²) in [5.74, 6) is 0.262. The number of likely N-dealkylation sites (tertiary alicyclic amines) is 1. The summed E-state index contributed by atoms with van der Waals surface area (Å²) in [6.45, 7) is 2.63. The van der Waals surface area contributed by atoms with Crippen LogP contribution in [0.5, 0.6) is 11.5 Å². The summed E-state index contributed by atoms with van der Waals surface area (Å²) in [4.78, 5) is 14.3. The molecule has 1 fully saturated rings. The lowest BCUT2D eigenvalue weighted by Crippen LogP contribution is -2.13. The molecule has 0 bridgehead atoms. The Labute approximate surface area is 201 Å². The highest BCUT2D eigenvalue weighted by Crippen LogP contribution is 2.28. The highest BCUT2D eigenvalue weighted by Gasteiger charge is 2.09. The molecular weight excluding hydrogens is 434 g/mol. The summed E-state index contributed by atoms with van der Waals surface area (Å²) in [6, 6.07) is 13.3. The number of carbonyl (C=O) groups excluding carboxylic acids is 1. The molecule has 0 spiro atoms. The Balaban J connectivity index is 0.000000615. The SMILES string of the molecule is CN.CN1CCCC1.N#CCOc1ccc(C=N)cc1OCCOC(=O)c1ccc(C=N)cc1. The van der Waals surface area contributed by atoms with Crippen LogP contribution in [-0.2, 0) is 4.74 Å². The Kier molecular flexibility index (Phi) is 14.0. The Morgan fingerprint density at radius 3 is 2.15 bits per heavy atom. The van der Waals surface area contributed by atoms with E-state index in [1.54, 1.807) is 42.5 Å². The summed E-state index contributed by atoms with van der Waals surface area (Å²) in [5.41, 5.74) is 6.20. The van der Waals surface area contributed by atoms with Crippen molar-refractivity contribution in [1.29, 1.82) is 16.1 Å². The van der Waals surface area contributed by atoms with E-state index in [0.29, 0.717) is 28.2 Å². The summed E-state index contributed by atoms with van der Waals surface area (Å²) >= 11 is 0. The van der Waals surface area contributed by atoms with Gasteiger partial charge >= 0.3 is 5.97 Å². The molecule has 1 aliphatic heterocycles. The van der Waals surface area contributed by atoms with Gasteiger partial charge in [0.2, 0.25) is 0 Å². The quantitative estimate of drug-likeness (QED) is 0.292. The topological polar surface area (TPSA) is 146 Å². The maximum Gasteiger partial charge on any atom is 0.338 e. The van der Waals surface area contributed by atoms with Crippen molar-refractivity contribution in [2.45, 2.75) is 12.8 Å². The number of rotatable bonds is 9. The first kappa shape index (κ1) is 28.3. The standard InChI is InChI=1S/C19H17N3O4.C5H11N.CH5N/c20-7-8-24-17-6-3-15(13-22)11-18(17)25-9-10-26-19(23)16-4-1-14(12-21)2-5-16;1-6-4-2-3-5-6;1-2/h1-6,11-13,21-22H,8-10H2;2-5H2,1H3;2H2,1H3. The van der Waals surface area contributed by atoms with Crippen LogP contribution >= 0.6 is 0 Å². The maximum absolute atomic E-state index is 11.9. The van der Waals surface area contributed by atoms with Gasteiger partial charge in [0.05, 0.1) is 5.56 Å². The lowest BCUT2D eigenvalue weighted by Gasteiger charge is -2.12. The van der Waals surface area contributed by atoms with Crippen molar-refractivity contribution < 1.29 is 19.0 Å². The van der Waals surface area contributed by atoms with Crippen LogP contribution in [-0.4, -0.2) is 70.3 Å².